The molecule has 0 amide bonds. The molecule has 1 heterocycles. The number of rotatable bonds is 2. The van der Waals surface area contributed by atoms with Crippen LogP contribution >= 0.6 is 0 Å². The number of nitrogens with zero attached hydrogens (tertiary/aromatic N) is 1. The van der Waals surface area contributed by atoms with E-state index in [1.165, 1.54) is 0 Å². The molecular weight excluding hydrogens is 218 g/mol. The molecule has 4 nitrogen and oxygen atoms in total. The van der Waals surface area contributed by atoms with Crippen molar-refractivity contribution >= 4 is 16.9 Å². The van der Waals surface area contributed by atoms with Crippen LogP contribution in [0.5, 0.6) is 0 Å². The standard InChI is InChI=1S/C13H13NO3/c1-8-5-12(15)10-6-9(7-13(16)17)3-4-11(10)14(8)2/h3-6H,7H2,1-2H3,(H,16,17). The van der Waals surface area contributed by atoms with Crippen LogP contribution in [0.25, 0.3) is 10.9 Å². The van der Waals surface area contributed by atoms with Crippen molar-refractivity contribution in [2.24, 2.45) is 7.05 Å². The lowest BCUT2D eigenvalue weighted by Gasteiger charge is -2.09. The van der Waals surface area contributed by atoms with Gasteiger partial charge in [-0.1, -0.05) is 6.07 Å². The lowest BCUT2D eigenvalue weighted by Crippen LogP contribution is -2.10. The van der Waals surface area contributed by atoms with Crippen LogP contribution in [0.2, 0.25) is 0 Å². The molecule has 0 saturated carbocycles. The van der Waals surface area contributed by atoms with Crippen LogP contribution in [0.4, 0.5) is 0 Å². The van der Waals surface area contributed by atoms with Gasteiger partial charge in [0.2, 0.25) is 0 Å². The summed E-state index contributed by atoms with van der Waals surface area (Å²) in [5, 5.41) is 9.29. The van der Waals surface area contributed by atoms with Gasteiger partial charge in [-0.3, -0.25) is 9.59 Å². The fourth-order valence-corrected chi connectivity index (χ4v) is 1.91. The monoisotopic (exact) mass is 231 g/mol. The van der Waals surface area contributed by atoms with Gasteiger partial charge in [-0.15, -0.1) is 0 Å². The van der Waals surface area contributed by atoms with Crippen molar-refractivity contribution < 1.29 is 9.90 Å². The maximum Gasteiger partial charge on any atom is 0.307 e. The van der Waals surface area contributed by atoms with Crippen LogP contribution in [0.1, 0.15) is 11.3 Å². The number of aliphatic carboxylic acids is 1. The summed E-state index contributed by atoms with van der Waals surface area (Å²) < 4.78 is 1.92. The van der Waals surface area contributed by atoms with Crippen molar-refractivity contribution in [3.63, 3.8) is 0 Å². The van der Waals surface area contributed by atoms with Gasteiger partial charge in [-0.05, 0) is 24.6 Å². The van der Waals surface area contributed by atoms with Crippen LogP contribution < -0.4 is 5.43 Å². The fourth-order valence-electron chi connectivity index (χ4n) is 1.91. The summed E-state index contributed by atoms with van der Waals surface area (Å²) in [4.78, 5) is 22.5. The molecule has 0 aliphatic rings. The van der Waals surface area contributed by atoms with Crippen molar-refractivity contribution in [1.82, 2.24) is 4.57 Å². The number of carboxylic acid groups (broad SMARTS) is 1. The molecule has 4 heteroatoms. The first-order valence-electron chi connectivity index (χ1n) is 5.30. The number of aryl methyl sites for hydroxylation is 2. The molecule has 1 N–H and O–H groups in total. The topological polar surface area (TPSA) is 59.3 Å². The first-order valence-corrected chi connectivity index (χ1v) is 5.30. The Morgan fingerprint density at radius 2 is 2.06 bits per heavy atom. The Bertz CT molecular complexity index is 655. The van der Waals surface area contributed by atoms with E-state index in [2.05, 4.69) is 0 Å². The number of hydrogen-bond acceptors (Lipinski definition) is 2. The normalized spacial score (nSPS) is 10.7. The van der Waals surface area contributed by atoms with E-state index in [1.807, 2.05) is 18.5 Å². The van der Waals surface area contributed by atoms with E-state index in [0.29, 0.717) is 10.9 Å². The van der Waals surface area contributed by atoms with Crippen LogP contribution in [0.15, 0.2) is 29.1 Å². The molecule has 1 aromatic carbocycles. The zero-order valence-electron chi connectivity index (χ0n) is 9.73. The SMILES string of the molecule is Cc1cc(=O)c2cc(CC(=O)O)ccc2n1C. The number of hydrogen-bond donors (Lipinski definition) is 1. The molecule has 0 unspecified atom stereocenters. The predicted octanol–water partition coefficient (Wildman–Crippen LogP) is 1.47. The third kappa shape index (κ3) is 2.06. The summed E-state index contributed by atoms with van der Waals surface area (Å²) in [7, 11) is 1.88. The minimum atomic E-state index is -0.895. The Balaban J connectivity index is 2.70. The molecular formula is C13H13NO3. The predicted molar refractivity (Wildman–Crippen MR) is 65.3 cm³/mol. The smallest absolute Gasteiger partial charge is 0.307 e. The molecule has 0 atom stereocenters. The summed E-state index contributed by atoms with van der Waals surface area (Å²) in [6.07, 6.45) is -0.0625. The highest BCUT2D eigenvalue weighted by Gasteiger charge is 2.06. The van der Waals surface area contributed by atoms with Gasteiger partial charge in [0.1, 0.15) is 0 Å². The average molecular weight is 231 g/mol. The molecule has 0 radical (unpaired) electrons. The Hall–Kier alpha value is -2.10. The van der Waals surface area contributed by atoms with E-state index >= 15 is 0 Å². The van der Waals surface area contributed by atoms with E-state index in [4.69, 9.17) is 5.11 Å². The zero-order valence-corrected chi connectivity index (χ0v) is 9.73. The van der Waals surface area contributed by atoms with Crippen molar-refractivity contribution in [3.8, 4) is 0 Å². The number of carbonyl (C=O) groups is 1. The van der Waals surface area contributed by atoms with Crippen molar-refractivity contribution in [2.45, 2.75) is 13.3 Å². The van der Waals surface area contributed by atoms with E-state index in [-0.39, 0.29) is 11.8 Å². The number of pyridine rings is 1. The van der Waals surface area contributed by atoms with Crippen molar-refractivity contribution in [3.05, 3.63) is 45.7 Å². The molecule has 0 aliphatic carbocycles. The summed E-state index contributed by atoms with van der Waals surface area (Å²) in [6, 6.07) is 6.76. The van der Waals surface area contributed by atoms with Crippen molar-refractivity contribution in [1.29, 1.82) is 0 Å². The zero-order chi connectivity index (χ0) is 12.6. The second-order valence-electron chi connectivity index (χ2n) is 4.13. The number of benzene rings is 1. The minimum Gasteiger partial charge on any atom is -0.481 e. The highest BCUT2D eigenvalue weighted by Crippen LogP contribution is 2.14. The Morgan fingerprint density at radius 1 is 1.35 bits per heavy atom. The van der Waals surface area contributed by atoms with Crippen molar-refractivity contribution in [2.75, 3.05) is 0 Å². The summed E-state index contributed by atoms with van der Waals surface area (Å²) >= 11 is 0. The van der Waals surface area contributed by atoms with Gasteiger partial charge in [0.25, 0.3) is 0 Å². The molecule has 1 aromatic heterocycles. The molecule has 0 bridgehead atoms. The minimum absolute atomic E-state index is 0.0625. The molecule has 2 rings (SSSR count). The first-order chi connectivity index (χ1) is 7.99. The van der Waals surface area contributed by atoms with E-state index < -0.39 is 5.97 Å². The highest BCUT2D eigenvalue weighted by molar-refractivity contribution is 5.81. The second kappa shape index (κ2) is 4.05. The van der Waals surface area contributed by atoms with Gasteiger partial charge in [0.05, 0.1) is 11.9 Å². The molecule has 0 spiro atoms. The van der Waals surface area contributed by atoms with Crippen LogP contribution in [0, 0.1) is 6.92 Å². The third-order valence-electron chi connectivity index (χ3n) is 2.91. The Kier molecular flexibility index (Phi) is 2.71. The van der Waals surface area contributed by atoms with Gasteiger partial charge < -0.3 is 9.67 Å². The van der Waals surface area contributed by atoms with Gasteiger partial charge in [-0.25, -0.2) is 0 Å². The number of aromatic nitrogens is 1. The third-order valence-corrected chi connectivity index (χ3v) is 2.91. The van der Waals surface area contributed by atoms with Gasteiger partial charge in [-0.2, -0.15) is 0 Å². The molecule has 0 aliphatic heterocycles. The van der Waals surface area contributed by atoms with E-state index in [1.54, 1.807) is 24.3 Å². The Morgan fingerprint density at radius 3 is 2.71 bits per heavy atom. The summed E-state index contributed by atoms with van der Waals surface area (Å²) in [5.74, 6) is -0.895. The molecule has 2 aromatic rings. The van der Waals surface area contributed by atoms with Crippen LogP contribution in [-0.2, 0) is 18.3 Å². The van der Waals surface area contributed by atoms with E-state index in [0.717, 1.165) is 11.2 Å². The average Bonchev–Trinajstić information content (AvgIpc) is 2.25. The lowest BCUT2D eigenvalue weighted by atomic mass is 10.1. The van der Waals surface area contributed by atoms with Gasteiger partial charge in [0, 0.05) is 24.2 Å². The summed E-state index contributed by atoms with van der Waals surface area (Å²) in [5.41, 5.74) is 2.28. The maximum absolute atomic E-state index is 11.8. The lowest BCUT2D eigenvalue weighted by molar-refractivity contribution is -0.136. The molecule has 0 saturated heterocycles. The fraction of sp³-hybridized carbons (Fsp3) is 0.231. The summed E-state index contributed by atoms with van der Waals surface area (Å²) in [6.45, 7) is 1.87. The molecule has 88 valence electrons. The number of carboxylic acids is 1. The van der Waals surface area contributed by atoms with Gasteiger partial charge in [0.15, 0.2) is 5.43 Å². The quantitative estimate of drug-likeness (QED) is 0.851. The molecule has 17 heavy (non-hydrogen) atoms. The Labute approximate surface area is 98.1 Å². The van der Waals surface area contributed by atoms with Crippen LogP contribution in [-0.4, -0.2) is 15.6 Å². The van der Waals surface area contributed by atoms with E-state index in [9.17, 15) is 9.59 Å². The first kappa shape index (κ1) is 11.4. The largest absolute Gasteiger partial charge is 0.481 e. The van der Waals surface area contributed by atoms with Crippen LogP contribution in [0.3, 0.4) is 0 Å². The van der Waals surface area contributed by atoms with Gasteiger partial charge >= 0.3 is 5.97 Å². The molecule has 0 fully saturated rings. The maximum atomic E-state index is 11.8. The highest BCUT2D eigenvalue weighted by atomic mass is 16.4. The second-order valence-corrected chi connectivity index (χ2v) is 4.13. The number of fused-ring (bicyclic) bond motifs is 1.